The van der Waals surface area contributed by atoms with Gasteiger partial charge in [-0.1, -0.05) is 6.07 Å². The van der Waals surface area contributed by atoms with Gasteiger partial charge in [0.25, 0.3) is 10.0 Å². The minimum Gasteiger partial charge on any atom is -0.427 e. The van der Waals surface area contributed by atoms with Crippen LogP contribution in [0.3, 0.4) is 0 Å². The quantitative estimate of drug-likeness (QED) is 0.494. The number of rotatable bonds is 4. The first-order valence-corrected chi connectivity index (χ1v) is 7.92. The summed E-state index contributed by atoms with van der Waals surface area (Å²) < 4.78 is 32.3. The number of carbonyl (C=O) groups is 1. The molecule has 2 aromatic rings. The molecule has 0 saturated heterocycles. The zero-order chi connectivity index (χ0) is 14.6. The van der Waals surface area contributed by atoms with Crippen LogP contribution in [-0.2, 0) is 14.8 Å². The molecule has 0 aliphatic carbocycles. The van der Waals surface area contributed by atoms with Gasteiger partial charge in [0.15, 0.2) is 0 Å². The highest BCUT2D eigenvalue weighted by atomic mass is 32.2. The zero-order valence-electron chi connectivity index (χ0n) is 10.5. The zero-order valence-corrected chi connectivity index (χ0v) is 12.1. The van der Waals surface area contributed by atoms with E-state index >= 15 is 0 Å². The summed E-state index contributed by atoms with van der Waals surface area (Å²) in [5, 5.41) is 1.68. The van der Waals surface area contributed by atoms with Crippen molar-refractivity contribution in [2.75, 3.05) is 0 Å². The summed E-state index contributed by atoms with van der Waals surface area (Å²) in [5.41, 5.74) is 0.598. The van der Waals surface area contributed by atoms with Gasteiger partial charge in [0.2, 0.25) is 0 Å². The van der Waals surface area contributed by atoms with Crippen molar-refractivity contribution in [3.05, 3.63) is 47.3 Å². The van der Waals surface area contributed by atoms with Gasteiger partial charge in [0, 0.05) is 13.1 Å². The Morgan fingerprint density at radius 1 is 1.25 bits per heavy atom. The molecule has 0 atom stereocenters. The predicted octanol–water partition coefficient (Wildman–Crippen LogP) is 2.48. The minimum atomic E-state index is -3.64. The highest BCUT2D eigenvalue weighted by Gasteiger charge is 2.12. The highest BCUT2D eigenvalue weighted by Crippen LogP contribution is 2.18. The van der Waals surface area contributed by atoms with Gasteiger partial charge in [-0.25, -0.2) is 0 Å². The monoisotopic (exact) mass is 309 g/mol. The number of carbonyl (C=O) groups excluding carboxylic acids is 1. The van der Waals surface area contributed by atoms with Gasteiger partial charge in [-0.15, -0.1) is 11.3 Å². The Labute approximate surface area is 120 Å². The average molecular weight is 309 g/mol. The number of thiophene rings is 1. The second kappa shape index (κ2) is 5.98. The van der Waals surface area contributed by atoms with Crippen LogP contribution in [0.4, 0.5) is 0 Å². The molecular formula is C13H11NO4S2. The predicted molar refractivity (Wildman–Crippen MR) is 76.8 cm³/mol. The van der Waals surface area contributed by atoms with Gasteiger partial charge >= 0.3 is 5.97 Å². The molecule has 1 aromatic heterocycles. The van der Waals surface area contributed by atoms with Crippen LogP contribution < -0.4 is 4.74 Å². The molecule has 0 N–H and O–H groups in total. The van der Waals surface area contributed by atoms with Crippen molar-refractivity contribution in [3.63, 3.8) is 0 Å². The summed E-state index contributed by atoms with van der Waals surface area (Å²) in [6.45, 7) is 1.31. The molecule has 0 aliphatic rings. The van der Waals surface area contributed by atoms with E-state index < -0.39 is 16.0 Å². The van der Waals surface area contributed by atoms with Crippen LogP contribution in [-0.4, -0.2) is 20.6 Å². The SMILES string of the molecule is CC(=O)Oc1ccc(/C=N\S(=O)(=O)c2cccs2)cc1. The van der Waals surface area contributed by atoms with Gasteiger partial charge in [-0.2, -0.15) is 12.8 Å². The van der Waals surface area contributed by atoms with Crippen LogP contribution in [0.25, 0.3) is 0 Å². The Kier molecular flexibility index (Phi) is 4.31. The topological polar surface area (TPSA) is 72.8 Å². The third kappa shape index (κ3) is 3.75. The Hall–Kier alpha value is -1.99. The van der Waals surface area contributed by atoms with Crippen LogP contribution in [0.5, 0.6) is 5.75 Å². The normalized spacial score (nSPS) is 11.7. The van der Waals surface area contributed by atoms with E-state index in [0.717, 1.165) is 11.3 Å². The molecule has 0 amide bonds. The first-order valence-electron chi connectivity index (χ1n) is 5.60. The Bertz CT molecular complexity index is 716. The van der Waals surface area contributed by atoms with Gasteiger partial charge < -0.3 is 4.74 Å². The van der Waals surface area contributed by atoms with Gasteiger partial charge in [0.1, 0.15) is 9.96 Å². The molecule has 104 valence electrons. The van der Waals surface area contributed by atoms with E-state index in [0.29, 0.717) is 11.3 Å². The number of ether oxygens (including phenoxy) is 1. The number of benzene rings is 1. The van der Waals surface area contributed by atoms with E-state index in [-0.39, 0.29) is 4.21 Å². The van der Waals surface area contributed by atoms with Crippen LogP contribution in [0.15, 0.2) is 50.4 Å². The Morgan fingerprint density at radius 2 is 1.95 bits per heavy atom. The van der Waals surface area contributed by atoms with E-state index in [2.05, 4.69) is 4.40 Å². The summed E-state index contributed by atoms with van der Waals surface area (Å²) in [5.74, 6) is -0.0116. The maximum Gasteiger partial charge on any atom is 0.308 e. The summed E-state index contributed by atoms with van der Waals surface area (Å²) in [6.07, 6.45) is 1.26. The standard InChI is InChI=1S/C13H11NO4S2/c1-10(15)18-12-6-4-11(5-7-12)9-14-20(16,17)13-3-2-8-19-13/h2-9H,1H3/b14-9-. The lowest BCUT2D eigenvalue weighted by Gasteiger charge is -2.00. The Balaban J connectivity index is 2.14. The third-order valence-electron chi connectivity index (χ3n) is 2.23. The van der Waals surface area contributed by atoms with Crippen molar-refractivity contribution in [1.82, 2.24) is 0 Å². The largest absolute Gasteiger partial charge is 0.427 e. The molecule has 1 aromatic carbocycles. The van der Waals surface area contributed by atoms with E-state index in [1.807, 2.05) is 0 Å². The maximum absolute atomic E-state index is 11.8. The lowest BCUT2D eigenvalue weighted by molar-refractivity contribution is -0.131. The second-order valence-corrected chi connectivity index (χ2v) is 6.61. The van der Waals surface area contributed by atoms with Crippen LogP contribution in [0, 0.1) is 0 Å². The molecule has 20 heavy (non-hydrogen) atoms. The van der Waals surface area contributed by atoms with Crippen molar-refractivity contribution in [1.29, 1.82) is 0 Å². The number of nitrogens with zero attached hydrogens (tertiary/aromatic N) is 1. The van der Waals surface area contributed by atoms with Crippen LogP contribution >= 0.6 is 11.3 Å². The van der Waals surface area contributed by atoms with E-state index in [1.54, 1.807) is 35.7 Å². The number of sulfonamides is 1. The fourth-order valence-electron chi connectivity index (χ4n) is 1.38. The molecular weight excluding hydrogens is 298 g/mol. The molecule has 0 aliphatic heterocycles. The minimum absolute atomic E-state index is 0.199. The first kappa shape index (κ1) is 14.4. The molecule has 0 spiro atoms. The molecule has 1 heterocycles. The van der Waals surface area contributed by atoms with Crippen molar-refractivity contribution >= 4 is 33.5 Å². The number of hydrogen-bond acceptors (Lipinski definition) is 5. The average Bonchev–Trinajstić information content (AvgIpc) is 2.92. The van der Waals surface area contributed by atoms with Gasteiger partial charge in [0.05, 0.1) is 0 Å². The smallest absolute Gasteiger partial charge is 0.308 e. The van der Waals surface area contributed by atoms with Crippen molar-refractivity contribution < 1.29 is 17.9 Å². The molecule has 0 unspecified atom stereocenters. The lowest BCUT2D eigenvalue weighted by atomic mass is 10.2. The summed E-state index contributed by atoms with van der Waals surface area (Å²) >= 11 is 1.12. The van der Waals surface area contributed by atoms with E-state index in [1.165, 1.54) is 19.2 Å². The van der Waals surface area contributed by atoms with Gasteiger partial charge in [-0.3, -0.25) is 4.79 Å². The van der Waals surface area contributed by atoms with Crippen molar-refractivity contribution in [2.24, 2.45) is 4.40 Å². The molecule has 5 nitrogen and oxygen atoms in total. The lowest BCUT2D eigenvalue weighted by Crippen LogP contribution is -2.01. The van der Waals surface area contributed by atoms with Crippen LogP contribution in [0.2, 0.25) is 0 Å². The molecule has 0 radical (unpaired) electrons. The Morgan fingerprint density at radius 3 is 2.50 bits per heavy atom. The van der Waals surface area contributed by atoms with E-state index in [9.17, 15) is 13.2 Å². The first-order chi connectivity index (χ1) is 9.47. The van der Waals surface area contributed by atoms with E-state index in [4.69, 9.17) is 4.74 Å². The van der Waals surface area contributed by atoms with Gasteiger partial charge in [-0.05, 0) is 41.3 Å². The third-order valence-corrected chi connectivity index (χ3v) is 4.84. The highest BCUT2D eigenvalue weighted by molar-refractivity contribution is 7.92. The number of esters is 1. The summed E-state index contributed by atoms with van der Waals surface area (Å²) in [7, 11) is -3.64. The molecule has 0 bridgehead atoms. The molecule has 0 fully saturated rings. The summed E-state index contributed by atoms with van der Waals surface area (Å²) in [4.78, 5) is 10.8. The van der Waals surface area contributed by atoms with Crippen LogP contribution in [0.1, 0.15) is 12.5 Å². The molecule has 7 heteroatoms. The molecule has 0 saturated carbocycles. The maximum atomic E-state index is 11.8. The molecule has 2 rings (SSSR count). The fraction of sp³-hybridized carbons (Fsp3) is 0.0769. The van der Waals surface area contributed by atoms with Crippen molar-refractivity contribution in [3.8, 4) is 5.75 Å². The fourth-order valence-corrected chi connectivity index (χ4v) is 3.23. The number of hydrogen-bond donors (Lipinski definition) is 0. The summed E-state index contributed by atoms with van der Waals surface area (Å²) in [6, 6.07) is 9.53. The van der Waals surface area contributed by atoms with Crippen molar-refractivity contribution in [2.45, 2.75) is 11.1 Å². The second-order valence-electron chi connectivity index (χ2n) is 3.80.